The third kappa shape index (κ3) is 1.46. The molecule has 2 aliphatic rings. The Kier molecular flexibility index (Phi) is 2.21. The number of nitrogens with zero attached hydrogens (tertiary/aromatic N) is 3. The zero-order valence-corrected chi connectivity index (χ0v) is 9.64. The van der Waals surface area contributed by atoms with E-state index in [1.54, 1.807) is 11.8 Å². The molecule has 0 amide bonds. The van der Waals surface area contributed by atoms with Crippen LogP contribution in [-0.2, 0) is 0 Å². The van der Waals surface area contributed by atoms with Gasteiger partial charge in [0, 0.05) is 35.9 Å². The molecule has 0 bridgehead atoms. The molecule has 15 heavy (non-hydrogen) atoms. The van der Waals surface area contributed by atoms with Crippen LogP contribution in [0, 0.1) is 0 Å². The van der Waals surface area contributed by atoms with E-state index < -0.39 is 0 Å². The minimum atomic E-state index is 0.897. The van der Waals surface area contributed by atoms with Crippen LogP contribution in [0.25, 0.3) is 0 Å². The third-order valence-corrected chi connectivity index (χ3v) is 3.91. The Labute approximate surface area is 97.6 Å². The molecule has 0 radical (unpaired) electrons. The first-order chi connectivity index (χ1) is 7.36. The van der Waals surface area contributed by atoms with Crippen LogP contribution in [0.1, 0.15) is 12.0 Å². The Morgan fingerprint density at radius 2 is 2.40 bits per heavy atom. The minimum absolute atomic E-state index is 0.897. The average molecular weight is 235 g/mol. The topological polar surface area (TPSA) is 28.5 Å². The fraction of sp³-hybridized carbons (Fsp3) is 0.300. The van der Waals surface area contributed by atoms with Crippen molar-refractivity contribution in [3.05, 3.63) is 24.0 Å². The summed E-state index contributed by atoms with van der Waals surface area (Å²) in [6.45, 7) is 1.90. The van der Waals surface area contributed by atoms with Crippen molar-refractivity contribution in [1.29, 1.82) is 0 Å². The zero-order chi connectivity index (χ0) is 10.3. The van der Waals surface area contributed by atoms with Crippen LogP contribution in [0.2, 0.25) is 0 Å². The van der Waals surface area contributed by atoms with Crippen molar-refractivity contribution in [2.45, 2.75) is 11.3 Å². The molecule has 2 aliphatic heterocycles. The van der Waals surface area contributed by atoms with Gasteiger partial charge in [0.2, 0.25) is 0 Å². The van der Waals surface area contributed by atoms with Crippen molar-refractivity contribution in [3.8, 4) is 0 Å². The van der Waals surface area contributed by atoms with Crippen LogP contribution in [0.5, 0.6) is 0 Å². The summed E-state index contributed by atoms with van der Waals surface area (Å²) in [5.74, 6) is 1.03. The highest BCUT2D eigenvalue weighted by molar-refractivity contribution is 8.23. The molecule has 0 aromatic carbocycles. The summed E-state index contributed by atoms with van der Waals surface area (Å²) < 4.78 is 0.897. The van der Waals surface area contributed by atoms with E-state index in [1.165, 1.54) is 5.56 Å². The van der Waals surface area contributed by atoms with Crippen LogP contribution in [0.4, 0.5) is 0 Å². The molecule has 0 unspecified atom stereocenters. The van der Waals surface area contributed by atoms with Crippen LogP contribution in [0.3, 0.4) is 0 Å². The van der Waals surface area contributed by atoms with Gasteiger partial charge in [0.15, 0.2) is 0 Å². The minimum Gasteiger partial charge on any atom is -0.311 e. The summed E-state index contributed by atoms with van der Waals surface area (Å²) in [6, 6.07) is 2.02. The summed E-state index contributed by atoms with van der Waals surface area (Å²) in [5.41, 5.74) is 1.17. The van der Waals surface area contributed by atoms with E-state index >= 15 is 0 Å². The number of amidine groups is 1. The molecule has 0 atom stereocenters. The van der Waals surface area contributed by atoms with Gasteiger partial charge in [-0.15, -0.1) is 0 Å². The van der Waals surface area contributed by atoms with Gasteiger partial charge in [-0.3, -0.25) is 9.98 Å². The predicted molar refractivity (Wildman–Crippen MR) is 65.4 cm³/mol. The normalized spacial score (nSPS) is 19.3. The van der Waals surface area contributed by atoms with E-state index in [1.807, 2.05) is 18.5 Å². The highest BCUT2D eigenvalue weighted by Crippen LogP contribution is 2.33. The molecule has 1 aromatic heterocycles. The number of pyridine rings is 1. The first-order valence-corrected chi connectivity index (χ1v) is 6.07. The van der Waals surface area contributed by atoms with Gasteiger partial charge in [0.25, 0.3) is 0 Å². The molecule has 1 aromatic rings. The largest absolute Gasteiger partial charge is 0.311 e. The van der Waals surface area contributed by atoms with Gasteiger partial charge in [-0.1, -0.05) is 24.0 Å². The molecule has 3 nitrogen and oxygen atoms in total. The molecule has 0 N–H and O–H groups in total. The summed E-state index contributed by atoms with van der Waals surface area (Å²) in [4.78, 5) is 11.9. The Morgan fingerprint density at radius 1 is 1.47 bits per heavy atom. The number of thioether (sulfide) groups is 1. The van der Waals surface area contributed by atoms with Gasteiger partial charge in [0.05, 0.1) is 0 Å². The first kappa shape index (κ1) is 9.30. The Hall–Kier alpha value is -0.940. The summed E-state index contributed by atoms with van der Waals surface area (Å²) >= 11 is 6.97. The van der Waals surface area contributed by atoms with Crippen molar-refractivity contribution in [1.82, 2.24) is 9.88 Å². The zero-order valence-electron chi connectivity index (χ0n) is 8.01. The average Bonchev–Trinajstić information content (AvgIpc) is 2.30. The maximum absolute atomic E-state index is 5.36. The molecule has 0 spiro atoms. The van der Waals surface area contributed by atoms with Crippen molar-refractivity contribution >= 4 is 34.1 Å². The number of rotatable bonds is 0. The highest BCUT2D eigenvalue weighted by Gasteiger charge is 2.28. The molecule has 0 saturated heterocycles. The quantitative estimate of drug-likeness (QED) is 0.642. The molecular formula is C10H9N3S2. The standard InChI is InChI=1S/C10H9N3S2/c14-10-13-5-1-3-12-9(13)7-2-4-11-6-8(7)15-10/h2,4,6H,1,3,5H2. The van der Waals surface area contributed by atoms with E-state index in [0.29, 0.717) is 0 Å². The van der Waals surface area contributed by atoms with Crippen LogP contribution >= 0.6 is 24.0 Å². The van der Waals surface area contributed by atoms with Crippen LogP contribution < -0.4 is 0 Å². The maximum atomic E-state index is 5.36. The van der Waals surface area contributed by atoms with Gasteiger partial charge in [-0.2, -0.15) is 0 Å². The SMILES string of the molecule is S=C1Sc2cnccc2C2=NCCCN12. The fourth-order valence-corrected chi connectivity index (χ4v) is 3.11. The summed E-state index contributed by atoms with van der Waals surface area (Å²) in [6.07, 6.45) is 4.76. The number of hydrogen-bond donors (Lipinski definition) is 0. The van der Waals surface area contributed by atoms with E-state index in [4.69, 9.17) is 12.2 Å². The van der Waals surface area contributed by atoms with Crippen LogP contribution in [0.15, 0.2) is 28.3 Å². The van der Waals surface area contributed by atoms with E-state index in [9.17, 15) is 0 Å². The smallest absolute Gasteiger partial charge is 0.146 e. The molecule has 0 aliphatic carbocycles. The van der Waals surface area contributed by atoms with Gasteiger partial charge < -0.3 is 4.90 Å². The second-order valence-electron chi connectivity index (χ2n) is 3.45. The second kappa shape index (κ2) is 3.57. The molecular weight excluding hydrogens is 226 g/mol. The lowest BCUT2D eigenvalue weighted by molar-refractivity contribution is 0.560. The van der Waals surface area contributed by atoms with Gasteiger partial charge in [-0.25, -0.2) is 0 Å². The Morgan fingerprint density at radius 3 is 3.33 bits per heavy atom. The monoisotopic (exact) mass is 235 g/mol. The molecule has 0 saturated carbocycles. The number of hydrogen-bond acceptors (Lipinski definition) is 4. The first-order valence-electron chi connectivity index (χ1n) is 4.84. The third-order valence-electron chi connectivity index (χ3n) is 2.50. The van der Waals surface area contributed by atoms with Crippen molar-refractivity contribution in [2.24, 2.45) is 4.99 Å². The van der Waals surface area contributed by atoms with Gasteiger partial charge in [0.1, 0.15) is 10.2 Å². The lowest BCUT2D eigenvalue weighted by Gasteiger charge is -2.33. The summed E-state index contributed by atoms with van der Waals surface area (Å²) in [5, 5.41) is 0. The molecule has 3 rings (SSSR count). The molecule has 0 fully saturated rings. The van der Waals surface area contributed by atoms with E-state index in [2.05, 4.69) is 14.9 Å². The van der Waals surface area contributed by atoms with Crippen LogP contribution in [-0.4, -0.2) is 33.1 Å². The number of fused-ring (bicyclic) bond motifs is 3. The van der Waals surface area contributed by atoms with E-state index in [-0.39, 0.29) is 0 Å². The van der Waals surface area contributed by atoms with Crippen molar-refractivity contribution in [2.75, 3.05) is 13.1 Å². The number of thiocarbonyl (C=S) groups is 1. The van der Waals surface area contributed by atoms with Crippen molar-refractivity contribution in [3.63, 3.8) is 0 Å². The van der Waals surface area contributed by atoms with Gasteiger partial charge in [-0.05, 0) is 12.5 Å². The predicted octanol–water partition coefficient (Wildman–Crippen LogP) is 1.92. The summed E-state index contributed by atoms with van der Waals surface area (Å²) in [7, 11) is 0. The number of aromatic nitrogens is 1. The number of aliphatic imine (C=N–C) groups is 1. The second-order valence-corrected chi connectivity index (χ2v) is 5.13. The molecule has 3 heterocycles. The highest BCUT2D eigenvalue weighted by atomic mass is 32.2. The lowest BCUT2D eigenvalue weighted by atomic mass is 10.2. The van der Waals surface area contributed by atoms with Crippen molar-refractivity contribution < 1.29 is 0 Å². The van der Waals surface area contributed by atoms with E-state index in [0.717, 1.165) is 34.6 Å². The Bertz CT molecular complexity index is 456. The molecule has 76 valence electrons. The molecule has 5 heteroatoms. The Balaban J connectivity index is 2.17. The fourth-order valence-electron chi connectivity index (χ4n) is 1.81. The maximum Gasteiger partial charge on any atom is 0.146 e. The lowest BCUT2D eigenvalue weighted by Crippen LogP contribution is -2.41. The van der Waals surface area contributed by atoms with Gasteiger partial charge >= 0.3 is 0 Å².